The molecule has 19 heavy (non-hydrogen) atoms. The second kappa shape index (κ2) is 4.91. The van der Waals surface area contributed by atoms with Crippen molar-refractivity contribution in [2.45, 2.75) is 25.7 Å². The molecule has 0 radical (unpaired) electrons. The largest absolute Gasteiger partial charge is 0.486 e. The van der Waals surface area contributed by atoms with E-state index in [1.807, 2.05) is 13.8 Å². The fourth-order valence-electron chi connectivity index (χ4n) is 2.26. The van der Waals surface area contributed by atoms with Gasteiger partial charge in [0, 0.05) is 11.0 Å². The summed E-state index contributed by atoms with van der Waals surface area (Å²) < 4.78 is 11.1. The Bertz CT molecular complexity index is 519. The topological polar surface area (TPSA) is 72.8 Å². The van der Waals surface area contributed by atoms with E-state index in [1.165, 1.54) is 0 Å². The summed E-state index contributed by atoms with van der Waals surface area (Å²) in [6.07, 6.45) is 0.685. The summed E-state index contributed by atoms with van der Waals surface area (Å²) in [4.78, 5) is 21.9. The van der Waals surface area contributed by atoms with Gasteiger partial charge in [0.1, 0.15) is 13.2 Å². The van der Waals surface area contributed by atoms with E-state index in [2.05, 4.69) is 0 Å². The van der Waals surface area contributed by atoms with E-state index >= 15 is 0 Å². The smallest absolute Gasteiger partial charge is 0.304 e. The highest BCUT2D eigenvalue weighted by atomic mass is 16.6. The molecule has 1 aromatic carbocycles. The lowest BCUT2D eigenvalue weighted by Crippen LogP contribution is -2.25. The summed E-state index contributed by atoms with van der Waals surface area (Å²) in [6.45, 7) is 4.44. The minimum Gasteiger partial charge on any atom is -0.486 e. The number of fused-ring (bicyclic) bond motifs is 1. The van der Waals surface area contributed by atoms with Gasteiger partial charge in [-0.05, 0) is 6.07 Å². The van der Waals surface area contributed by atoms with Gasteiger partial charge in [0.2, 0.25) is 0 Å². The van der Waals surface area contributed by atoms with Crippen molar-refractivity contribution in [3.05, 3.63) is 23.3 Å². The zero-order chi connectivity index (χ0) is 14.0. The van der Waals surface area contributed by atoms with Crippen LogP contribution in [0.5, 0.6) is 11.5 Å². The molecule has 0 aliphatic carbocycles. The summed E-state index contributed by atoms with van der Waals surface area (Å²) in [5, 5.41) is 8.99. The molecule has 0 amide bonds. The van der Waals surface area contributed by atoms with Crippen LogP contribution in [-0.2, 0) is 10.2 Å². The zero-order valence-corrected chi connectivity index (χ0v) is 10.9. The van der Waals surface area contributed by atoms with Crippen LogP contribution in [0.1, 0.15) is 36.2 Å². The number of carboxylic acid groups (broad SMARTS) is 1. The van der Waals surface area contributed by atoms with Crippen LogP contribution in [0.3, 0.4) is 0 Å². The molecule has 0 unspecified atom stereocenters. The van der Waals surface area contributed by atoms with Gasteiger partial charge in [-0.1, -0.05) is 19.9 Å². The van der Waals surface area contributed by atoms with Crippen molar-refractivity contribution in [3.63, 3.8) is 0 Å². The standard InChI is InChI=1S/C14H16O5/c1-14(2,7-11(16)17)10-4-3-9(8-15)12-13(10)19-6-5-18-12/h3-4,8H,5-7H2,1-2H3,(H,16,17). The van der Waals surface area contributed by atoms with Crippen molar-refractivity contribution in [1.29, 1.82) is 0 Å². The van der Waals surface area contributed by atoms with Gasteiger partial charge < -0.3 is 14.6 Å². The van der Waals surface area contributed by atoms with Gasteiger partial charge in [-0.2, -0.15) is 0 Å². The summed E-state index contributed by atoms with van der Waals surface area (Å²) in [6, 6.07) is 3.37. The number of aldehydes is 1. The molecule has 5 heteroatoms. The van der Waals surface area contributed by atoms with Crippen LogP contribution in [0.15, 0.2) is 12.1 Å². The van der Waals surface area contributed by atoms with Gasteiger partial charge in [-0.25, -0.2) is 0 Å². The van der Waals surface area contributed by atoms with Crippen LogP contribution >= 0.6 is 0 Å². The molecule has 0 spiro atoms. The summed E-state index contributed by atoms with van der Waals surface area (Å²) in [5.41, 5.74) is 0.567. The third-order valence-corrected chi connectivity index (χ3v) is 3.17. The number of carboxylic acids is 1. The summed E-state index contributed by atoms with van der Waals surface area (Å²) in [7, 11) is 0. The van der Waals surface area contributed by atoms with E-state index in [9.17, 15) is 9.59 Å². The minimum absolute atomic E-state index is 0.0246. The Labute approximate surface area is 111 Å². The van der Waals surface area contributed by atoms with Gasteiger partial charge >= 0.3 is 5.97 Å². The normalized spacial score (nSPS) is 14.0. The maximum atomic E-state index is 11.0. The van der Waals surface area contributed by atoms with Gasteiger partial charge in [0.05, 0.1) is 12.0 Å². The molecule has 1 aromatic rings. The van der Waals surface area contributed by atoms with E-state index < -0.39 is 11.4 Å². The van der Waals surface area contributed by atoms with Gasteiger partial charge in [0.25, 0.3) is 0 Å². The quantitative estimate of drug-likeness (QED) is 0.842. The molecular weight excluding hydrogens is 248 g/mol. The number of carbonyl (C=O) groups is 2. The molecule has 1 aliphatic rings. The summed E-state index contributed by atoms with van der Waals surface area (Å²) >= 11 is 0. The molecule has 2 rings (SSSR count). The Hall–Kier alpha value is -2.04. The molecule has 1 N–H and O–H groups in total. The van der Waals surface area contributed by atoms with E-state index in [0.29, 0.717) is 36.6 Å². The van der Waals surface area contributed by atoms with Gasteiger partial charge in [-0.15, -0.1) is 0 Å². The molecule has 0 aromatic heterocycles. The molecule has 0 atom stereocenters. The van der Waals surface area contributed by atoms with Crippen LogP contribution in [0, 0.1) is 0 Å². The molecule has 0 bridgehead atoms. The maximum Gasteiger partial charge on any atom is 0.304 e. The van der Waals surface area contributed by atoms with Crippen LogP contribution in [0.25, 0.3) is 0 Å². The average Bonchev–Trinajstić information content (AvgIpc) is 2.35. The first-order valence-electron chi connectivity index (χ1n) is 6.06. The first-order valence-corrected chi connectivity index (χ1v) is 6.06. The highest BCUT2D eigenvalue weighted by molar-refractivity contribution is 5.82. The van der Waals surface area contributed by atoms with Crippen molar-refractivity contribution in [3.8, 4) is 11.5 Å². The fourth-order valence-corrected chi connectivity index (χ4v) is 2.26. The zero-order valence-electron chi connectivity index (χ0n) is 10.9. The van der Waals surface area contributed by atoms with Crippen LogP contribution in [0.2, 0.25) is 0 Å². The fraction of sp³-hybridized carbons (Fsp3) is 0.429. The lowest BCUT2D eigenvalue weighted by molar-refractivity contribution is -0.138. The Morgan fingerprint density at radius 2 is 1.95 bits per heavy atom. The lowest BCUT2D eigenvalue weighted by Gasteiger charge is -2.29. The molecule has 0 saturated carbocycles. The number of hydrogen-bond donors (Lipinski definition) is 1. The molecule has 1 aliphatic heterocycles. The lowest BCUT2D eigenvalue weighted by atomic mass is 9.80. The van der Waals surface area contributed by atoms with Gasteiger partial charge in [0.15, 0.2) is 17.8 Å². The first-order chi connectivity index (χ1) is 8.95. The second-order valence-electron chi connectivity index (χ2n) is 5.13. The Balaban J connectivity index is 2.52. The highest BCUT2D eigenvalue weighted by Gasteiger charge is 2.31. The van der Waals surface area contributed by atoms with E-state index in [4.69, 9.17) is 14.6 Å². The van der Waals surface area contributed by atoms with Crippen molar-refractivity contribution in [2.24, 2.45) is 0 Å². The number of hydrogen-bond acceptors (Lipinski definition) is 4. The SMILES string of the molecule is CC(C)(CC(=O)O)c1ccc(C=O)c2c1OCCO2. The second-order valence-corrected chi connectivity index (χ2v) is 5.13. The Kier molecular flexibility index (Phi) is 3.46. The maximum absolute atomic E-state index is 11.0. The molecular formula is C14H16O5. The van der Waals surface area contributed by atoms with Crippen LogP contribution < -0.4 is 9.47 Å². The number of ether oxygens (including phenoxy) is 2. The third-order valence-electron chi connectivity index (χ3n) is 3.17. The van der Waals surface area contributed by atoms with Gasteiger partial charge in [-0.3, -0.25) is 9.59 Å². The molecule has 0 saturated heterocycles. The Morgan fingerprint density at radius 3 is 2.53 bits per heavy atom. The van der Waals surface area contributed by atoms with Crippen molar-refractivity contribution < 1.29 is 24.2 Å². The Morgan fingerprint density at radius 1 is 1.32 bits per heavy atom. The van der Waals surface area contributed by atoms with E-state index in [1.54, 1.807) is 12.1 Å². The minimum atomic E-state index is -0.880. The number of benzene rings is 1. The van der Waals surface area contributed by atoms with E-state index in [0.717, 1.165) is 5.56 Å². The highest BCUT2D eigenvalue weighted by Crippen LogP contribution is 2.43. The number of rotatable bonds is 4. The summed E-state index contributed by atoms with van der Waals surface area (Å²) in [5.74, 6) is 0.0225. The number of carbonyl (C=O) groups excluding carboxylic acids is 1. The average molecular weight is 264 g/mol. The van der Waals surface area contributed by atoms with Crippen LogP contribution in [0.4, 0.5) is 0 Å². The van der Waals surface area contributed by atoms with E-state index in [-0.39, 0.29) is 6.42 Å². The third kappa shape index (κ3) is 2.54. The van der Waals surface area contributed by atoms with Crippen molar-refractivity contribution >= 4 is 12.3 Å². The van der Waals surface area contributed by atoms with Crippen LogP contribution in [-0.4, -0.2) is 30.6 Å². The predicted octanol–water partition coefficient (Wildman–Crippen LogP) is 2.02. The first kappa shape index (κ1) is 13.4. The van der Waals surface area contributed by atoms with Crippen molar-refractivity contribution in [2.75, 3.05) is 13.2 Å². The molecule has 102 valence electrons. The molecule has 5 nitrogen and oxygen atoms in total. The predicted molar refractivity (Wildman–Crippen MR) is 68.1 cm³/mol. The van der Waals surface area contributed by atoms with Crippen molar-refractivity contribution in [1.82, 2.24) is 0 Å². The molecule has 1 heterocycles. The monoisotopic (exact) mass is 264 g/mol. The number of aliphatic carboxylic acids is 1. The molecule has 0 fully saturated rings.